The Kier molecular flexibility index (Phi) is 10.6. The summed E-state index contributed by atoms with van der Waals surface area (Å²) in [6.07, 6.45) is 0. The lowest BCUT2D eigenvalue weighted by Crippen LogP contribution is -1.97. The number of benzene rings is 1. The third kappa shape index (κ3) is 5.39. The minimum Gasteiger partial charge on any atom is -0.496 e. The van der Waals surface area contributed by atoms with Gasteiger partial charge in [0, 0.05) is 0 Å². The van der Waals surface area contributed by atoms with E-state index in [0.29, 0.717) is 5.75 Å². The van der Waals surface area contributed by atoms with Crippen molar-refractivity contribution in [1.82, 2.24) is 0 Å². The number of ether oxygens (including phenoxy) is 1. The molecule has 0 aliphatic carbocycles. The normalized spacial score (nSPS) is 7.88. The van der Waals surface area contributed by atoms with Gasteiger partial charge >= 0.3 is 5.97 Å². The van der Waals surface area contributed by atoms with Crippen LogP contribution in [0.3, 0.4) is 0 Å². The van der Waals surface area contributed by atoms with E-state index in [9.17, 15) is 4.79 Å². The second-order valence-electron chi connectivity index (χ2n) is 2.49. The fourth-order valence-electron chi connectivity index (χ4n) is 1.01. The molecule has 0 aromatic heterocycles. The monoisotopic (exact) mass is 226 g/mol. The van der Waals surface area contributed by atoms with Crippen molar-refractivity contribution >= 4 is 5.97 Å². The molecule has 1 aromatic rings. The van der Waals surface area contributed by atoms with E-state index in [4.69, 9.17) is 9.84 Å². The maximum Gasteiger partial charge on any atom is 0.335 e. The van der Waals surface area contributed by atoms with Gasteiger partial charge in [0.05, 0.1) is 12.7 Å². The summed E-state index contributed by atoms with van der Waals surface area (Å²) in [5, 5.41) is 8.63. The molecular weight excluding hydrogens is 204 g/mol. The first kappa shape index (κ1) is 16.9. The van der Waals surface area contributed by atoms with Gasteiger partial charge in [-0.1, -0.05) is 27.7 Å². The number of hydrogen-bond donors (Lipinski definition) is 1. The predicted octanol–water partition coefficient (Wildman–Crippen LogP) is 3.75. The quantitative estimate of drug-likeness (QED) is 0.835. The first-order valence-corrected chi connectivity index (χ1v) is 5.53. The maximum absolute atomic E-state index is 10.5. The molecule has 3 nitrogen and oxygen atoms in total. The van der Waals surface area contributed by atoms with E-state index < -0.39 is 5.97 Å². The Morgan fingerprint density at radius 2 is 1.69 bits per heavy atom. The Bertz CT molecular complexity index is 306. The molecule has 0 saturated heterocycles. The number of carboxylic acid groups (broad SMARTS) is 1. The molecule has 92 valence electrons. The van der Waals surface area contributed by atoms with E-state index in [-0.39, 0.29) is 5.56 Å². The Balaban J connectivity index is 0. The summed E-state index contributed by atoms with van der Waals surface area (Å²) < 4.78 is 4.99. The van der Waals surface area contributed by atoms with Crippen molar-refractivity contribution in [2.75, 3.05) is 7.11 Å². The van der Waals surface area contributed by atoms with Gasteiger partial charge in [0.2, 0.25) is 0 Å². The van der Waals surface area contributed by atoms with Crippen LogP contribution in [0.25, 0.3) is 0 Å². The van der Waals surface area contributed by atoms with E-state index in [1.54, 1.807) is 19.2 Å². The van der Waals surface area contributed by atoms with Crippen LogP contribution in [0.2, 0.25) is 0 Å². The summed E-state index contributed by atoms with van der Waals surface area (Å²) in [6.45, 7) is 9.81. The van der Waals surface area contributed by atoms with Gasteiger partial charge in [-0.25, -0.2) is 4.79 Å². The van der Waals surface area contributed by atoms with Crippen molar-refractivity contribution in [2.45, 2.75) is 34.6 Å². The molecule has 3 heteroatoms. The highest BCUT2D eigenvalue weighted by atomic mass is 16.5. The molecule has 1 N–H and O–H groups in total. The molecule has 0 aliphatic rings. The van der Waals surface area contributed by atoms with Crippen molar-refractivity contribution in [3.8, 4) is 5.75 Å². The van der Waals surface area contributed by atoms with Gasteiger partial charge in [-0.2, -0.15) is 0 Å². The Labute approximate surface area is 98.1 Å². The zero-order chi connectivity index (χ0) is 13.1. The van der Waals surface area contributed by atoms with Crippen LogP contribution in [0.1, 0.15) is 43.6 Å². The lowest BCUT2D eigenvalue weighted by atomic mass is 10.1. The molecule has 0 atom stereocenters. The fraction of sp³-hybridized carbons (Fsp3) is 0.462. The molecule has 0 radical (unpaired) electrons. The highest BCUT2D eigenvalue weighted by molar-refractivity contribution is 5.88. The lowest BCUT2D eigenvalue weighted by molar-refractivity contribution is 0.0696. The molecule has 0 amide bonds. The maximum atomic E-state index is 10.5. The zero-order valence-corrected chi connectivity index (χ0v) is 11.0. The molecule has 0 spiro atoms. The van der Waals surface area contributed by atoms with E-state index in [1.165, 1.54) is 6.07 Å². The highest BCUT2D eigenvalue weighted by Gasteiger charge is 2.04. The number of aromatic carboxylic acids is 1. The largest absolute Gasteiger partial charge is 0.496 e. The highest BCUT2D eigenvalue weighted by Crippen LogP contribution is 2.18. The van der Waals surface area contributed by atoms with Crippen molar-refractivity contribution in [2.24, 2.45) is 0 Å². The van der Waals surface area contributed by atoms with Gasteiger partial charge in [0.15, 0.2) is 0 Å². The number of carbonyl (C=O) groups is 1. The van der Waals surface area contributed by atoms with E-state index in [0.717, 1.165) is 5.56 Å². The van der Waals surface area contributed by atoms with Gasteiger partial charge in [-0.05, 0) is 30.7 Å². The minimum absolute atomic E-state index is 0.285. The lowest BCUT2D eigenvalue weighted by Gasteiger charge is -2.03. The molecule has 1 aromatic carbocycles. The van der Waals surface area contributed by atoms with Gasteiger partial charge < -0.3 is 9.84 Å². The second-order valence-corrected chi connectivity index (χ2v) is 2.49. The number of carboxylic acids is 1. The number of methoxy groups -OCH3 is 1. The number of rotatable bonds is 2. The molecule has 1 rings (SSSR count). The molecule has 0 bridgehead atoms. The first-order chi connectivity index (χ1) is 7.65. The summed E-state index contributed by atoms with van der Waals surface area (Å²) in [5.41, 5.74) is 1.12. The standard InChI is InChI=1S/C9H10O3.2C2H6/c1-6-5-7(9(10)11)3-4-8(6)12-2;2*1-2/h3-5H,1-2H3,(H,10,11);2*1-2H3. The van der Waals surface area contributed by atoms with E-state index >= 15 is 0 Å². The second kappa shape index (κ2) is 10.0. The summed E-state index contributed by atoms with van der Waals surface area (Å²) in [7, 11) is 1.56. The van der Waals surface area contributed by atoms with Crippen molar-refractivity contribution in [3.05, 3.63) is 29.3 Å². The molecular formula is C13H22O3. The van der Waals surface area contributed by atoms with Crippen LogP contribution in [-0.2, 0) is 0 Å². The average molecular weight is 226 g/mol. The van der Waals surface area contributed by atoms with Crippen LogP contribution in [0, 0.1) is 6.92 Å². The van der Waals surface area contributed by atoms with Crippen LogP contribution in [0.15, 0.2) is 18.2 Å². The summed E-state index contributed by atoms with van der Waals surface area (Å²) >= 11 is 0. The minimum atomic E-state index is -0.916. The Morgan fingerprint density at radius 3 is 2.00 bits per heavy atom. The van der Waals surface area contributed by atoms with Crippen LogP contribution >= 0.6 is 0 Å². The molecule has 16 heavy (non-hydrogen) atoms. The van der Waals surface area contributed by atoms with Crippen molar-refractivity contribution < 1.29 is 14.6 Å². The fourth-order valence-corrected chi connectivity index (χ4v) is 1.01. The average Bonchev–Trinajstić information content (AvgIpc) is 2.34. The van der Waals surface area contributed by atoms with Crippen molar-refractivity contribution in [3.63, 3.8) is 0 Å². The van der Waals surface area contributed by atoms with Gasteiger partial charge in [-0.15, -0.1) is 0 Å². The molecule has 0 heterocycles. The van der Waals surface area contributed by atoms with Gasteiger partial charge in [0.25, 0.3) is 0 Å². The van der Waals surface area contributed by atoms with Crippen LogP contribution < -0.4 is 4.74 Å². The third-order valence-electron chi connectivity index (χ3n) is 1.64. The van der Waals surface area contributed by atoms with Crippen molar-refractivity contribution in [1.29, 1.82) is 0 Å². The van der Waals surface area contributed by atoms with Gasteiger partial charge in [0.1, 0.15) is 5.75 Å². The first-order valence-electron chi connectivity index (χ1n) is 5.53. The molecule has 0 unspecified atom stereocenters. The smallest absolute Gasteiger partial charge is 0.335 e. The van der Waals surface area contributed by atoms with Crippen LogP contribution in [0.5, 0.6) is 5.75 Å². The SMILES string of the molecule is CC.CC.COc1ccc(C(=O)O)cc1C. The van der Waals surface area contributed by atoms with Crippen LogP contribution in [0.4, 0.5) is 0 Å². The number of aryl methyl sites for hydroxylation is 1. The van der Waals surface area contributed by atoms with E-state index in [1.807, 2.05) is 34.6 Å². The summed E-state index contributed by atoms with van der Waals surface area (Å²) in [4.78, 5) is 10.5. The van der Waals surface area contributed by atoms with Gasteiger partial charge in [-0.3, -0.25) is 0 Å². The Morgan fingerprint density at radius 1 is 1.19 bits per heavy atom. The molecule has 0 aliphatic heterocycles. The predicted molar refractivity (Wildman–Crippen MR) is 67.4 cm³/mol. The third-order valence-corrected chi connectivity index (χ3v) is 1.64. The topological polar surface area (TPSA) is 46.5 Å². The summed E-state index contributed by atoms with van der Waals surface area (Å²) in [5.74, 6) is -0.208. The Hall–Kier alpha value is -1.51. The summed E-state index contributed by atoms with van der Waals surface area (Å²) in [6, 6.07) is 4.76. The van der Waals surface area contributed by atoms with Crippen LogP contribution in [-0.4, -0.2) is 18.2 Å². The molecule has 0 saturated carbocycles. The van der Waals surface area contributed by atoms with E-state index in [2.05, 4.69) is 0 Å². The number of hydrogen-bond acceptors (Lipinski definition) is 2. The molecule has 0 fully saturated rings. The zero-order valence-electron chi connectivity index (χ0n) is 11.0.